The molecule has 0 aliphatic rings. The third-order valence-electron chi connectivity index (χ3n) is 3.19. The number of pyridine rings is 1. The van der Waals surface area contributed by atoms with Gasteiger partial charge in [0.15, 0.2) is 5.13 Å². The smallest absolute Gasteiger partial charge is 0.269 e. The molecular formula is C14H14N4OS2. The predicted molar refractivity (Wildman–Crippen MR) is 88.3 cm³/mol. The second-order valence-corrected chi connectivity index (χ2v) is 6.97. The van der Waals surface area contributed by atoms with Gasteiger partial charge in [-0.25, -0.2) is 9.97 Å². The number of fused-ring (bicyclic) bond motifs is 1. The van der Waals surface area contributed by atoms with Crippen LogP contribution in [0.4, 0.5) is 10.8 Å². The summed E-state index contributed by atoms with van der Waals surface area (Å²) in [6.07, 6.45) is 0. The molecule has 0 atom stereocenters. The van der Waals surface area contributed by atoms with Crippen LogP contribution in [0.3, 0.4) is 0 Å². The van der Waals surface area contributed by atoms with Crippen molar-refractivity contribution in [2.45, 2.75) is 20.8 Å². The normalized spacial score (nSPS) is 11.0. The summed E-state index contributed by atoms with van der Waals surface area (Å²) in [4.78, 5) is 23.4. The molecule has 3 rings (SSSR count). The van der Waals surface area contributed by atoms with E-state index in [4.69, 9.17) is 5.73 Å². The van der Waals surface area contributed by atoms with Crippen molar-refractivity contribution in [1.29, 1.82) is 0 Å². The number of aromatic nitrogens is 2. The molecule has 1 amide bonds. The van der Waals surface area contributed by atoms with Crippen LogP contribution >= 0.6 is 22.7 Å². The van der Waals surface area contributed by atoms with Crippen LogP contribution in [0.5, 0.6) is 0 Å². The number of nitrogens with two attached hydrogens (primary N) is 1. The topological polar surface area (TPSA) is 80.9 Å². The molecule has 0 radical (unpaired) electrons. The fourth-order valence-electron chi connectivity index (χ4n) is 1.94. The zero-order valence-corrected chi connectivity index (χ0v) is 13.5. The van der Waals surface area contributed by atoms with Gasteiger partial charge in [-0.15, -0.1) is 22.7 Å². The van der Waals surface area contributed by atoms with Crippen LogP contribution in [0.15, 0.2) is 12.1 Å². The number of nitrogen functional groups attached to an aromatic ring is 1. The van der Waals surface area contributed by atoms with Crippen molar-refractivity contribution in [2.75, 3.05) is 11.1 Å². The molecule has 7 heteroatoms. The van der Waals surface area contributed by atoms with E-state index in [0.29, 0.717) is 15.7 Å². The van der Waals surface area contributed by atoms with Gasteiger partial charge < -0.3 is 5.73 Å². The van der Waals surface area contributed by atoms with Crippen molar-refractivity contribution in [3.05, 3.63) is 33.3 Å². The summed E-state index contributed by atoms with van der Waals surface area (Å²) in [5.74, 6) is -0.234. The average molecular weight is 318 g/mol. The summed E-state index contributed by atoms with van der Waals surface area (Å²) < 4.78 is 0. The van der Waals surface area contributed by atoms with Crippen molar-refractivity contribution in [2.24, 2.45) is 0 Å². The van der Waals surface area contributed by atoms with Gasteiger partial charge in [0, 0.05) is 16.0 Å². The minimum atomic E-state index is -0.234. The standard InChI is InChI=1S/C14H14N4OS2/c1-6-4-5-9-10(15)11(21-13(9)16-6)12(19)18-14-17-7(2)8(3)20-14/h4-5H,15H2,1-3H3,(H,17,18,19). The number of hydrogen-bond donors (Lipinski definition) is 2. The largest absolute Gasteiger partial charge is 0.397 e. The van der Waals surface area contributed by atoms with Crippen LogP contribution in [0.1, 0.15) is 25.9 Å². The third-order valence-corrected chi connectivity index (χ3v) is 5.29. The lowest BCUT2D eigenvalue weighted by Crippen LogP contribution is -2.11. The van der Waals surface area contributed by atoms with Gasteiger partial charge in [-0.05, 0) is 32.9 Å². The molecule has 21 heavy (non-hydrogen) atoms. The van der Waals surface area contributed by atoms with E-state index in [-0.39, 0.29) is 5.91 Å². The number of carbonyl (C=O) groups is 1. The Balaban J connectivity index is 1.96. The Kier molecular flexibility index (Phi) is 3.38. The maximum atomic E-state index is 12.4. The van der Waals surface area contributed by atoms with Gasteiger partial charge in [0.1, 0.15) is 9.71 Å². The van der Waals surface area contributed by atoms with Gasteiger partial charge in [-0.2, -0.15) is 0 Å². The lowest BCUT2D eigenvalue weighted by atomic mass is 10.2. The van der Waals surface area contributed by atoms with E-state index < -0.39 is 0 Å². The van der Waals surface area contributed by atoms with Gasteiger partial charge in [0.05, 0.1) is 11.4 Å². The number of thiazole rings is 1. The number of thiophene rings is 1. The number of aryl methyl sites for hydroxylation is 3. The second kappa shape index (κ2) is 5.09. The van der Waals surface area contributed by atoms with E-state index in [1.54, 1.807) is 0 Å². The molecule has 5 nitrogen and oxygen atoms in total. The lowest BCUT2D eigenvalue weighted by Gasteiger charge is -1.99. The van der Waals surface area contributed by atoms with Gasteiger partial charge in [0.25, 0.3) is 5.91 Å². The minimum absolute atomic E-state index is 0.234. The van der Waals surface area contributed by atoms with E-state index in [1.165, 1.54) is 22.7 Å². The minimum Gasteiger partial charge on any atom is -0.397 e. The average Bonchev–Trinajstić information content (AvgIpc) is 2.90. The summed E-state index contributed by atoms with van der Waals surface area (Å²) >= 11 is 2.76. The third kappa shape index (κ3) is 2.50. The number of hydrogen-bond acceptors (Lipinski definition) is 6. The molecule has 0 bridgehead atoms. The van der Waals surface area contributed by atoms with E-state index >= 15 is 0 Å². The fourth-order valence-corrected chi connectivity index (χ4v) is 3.78. The van der Waals surface area contributed by atoms with Crippen molar-refractivity contribution < 1.29 is 4.79 Å². The Morgan fingerprint density at radius 1 is 1.19 bits per heavy atom. The first-order chi connectivity index (χ1) is 9.95. The lowest BCUT2D eigenvalue weighted by molar-refractivity contribution is 0.103. The van der Waals surface area contributed by atoms with Crippen molar-refractivity contribution in [1.82, 2.24) is 9.97 Å². The van der Waals surface area contributed by atoms with Gasteiger partial charge >= 0.3 is 0 Å². The summed E-state index contributed by atoms with van der Waals surface area (Å²) in [6, 6.07) is 3.79. The molecule has 0 spiro atoms. The van der Waals surface area contributed by atoms with E-state index in [0.717, 1.165) is 26.5 Å². The molecule has 0 unspecified atom stereocenters. The molecule has 3 aromatic rings. The van der Waals surface area contributed by atoms with Crippen LogP contribution < -0.4 is 11.1 Å². The molecule has 3 aromatic heterocycles. The Morgan fingerprint density at radius 3 is 2.62 bits per heavy atom. The van der Waals surface area contributed by atoms with Crippen molar-refractivity contribution in [3.8, 4) is 0 Å². The van der Waals surface area contributed by atoms with Crippen LogP contribution in [-0.2, 0) is 0 Å². The van der Waals surface area contributed by atoms with Gasteiger partial charge in [-0.1, -0.05) is 0 Å². The molecule has 0 aromatic carbocycles. The number of nitrogens with zero attached hydrogens (tertiary/aromatic N) is 2. The number of nitrogens with one attached hydrogen (secondary N) is 1. The van der Waals surface area contributed by atoms with Gasteiger partial charge in [-0.3, -0.25) is 10.1 Å². The zero-order chi connectivity index (χ0) is 15.1. The van der Waals surface area contributed by atoms with Crippen LogP contribution in [0.25, 0.3) is 10.2 Å². The first kappa shape index (κ1) is 14.0. The van der Waals surface area contributed by atoms with Crippen molar-refractivity contribution in [3.63, 3.8) is 0 Å². The zero-order valence-electron chi connectivity index (χ0n) is 11.9. The summed E-state index contributed by atoms with van der Waals surface area (Å²) in [6.45, 7) is 5.81. The number of carbonyl (C=O) groups excluding carboxylic acids is 1. The highest BCUT2D eigenvalue weighted by atomic mass is 32.1. The first-order valence-corrected chi connectivity index (χ1v) is 8.00. The predicted octanol–water partition coefficient (Wildman–Crippen LogP) is 3.51. The highest BCUT2D eigenvalue weighted by molar-refractivity contribution is 7.21. The monoisotopic (exact) mass is 318 g/mol. The number of rotatable bonds is 2. The quantitative estimate of drug-likeness (QED) is 0.757. The SMILES string of the molecule is Cc1ccc2c(N)c(C(=O)Nc3nc(C)c(C)s3)sc2n1. The highest BCUT2D eigenvalue weighted by Gasteiger charge is 2.18. The van der Waals surface area contributed by atoms with Crippen molar-refractivity contribution >= 4 is 49.6 Å². The molecular weight excluding hydrogens is 304 g/mol. The number of amides is 1. The summed E-state index contributed by atoms with van der Waals surface area (Å²) in [5.41, 5.74) is 8.38. The van der Waals surface area contributed by atoms with Gasteiger partial charge in [0.2, 0.25) is 0 Å². The Morgan fingerprint density at radius 2 is 1.95 bits per heavy atom. The maximum absolute atomic E-state index is 12.4. The molecule has 0 saturated heterocycles. The fraction of sp³-hybridized carbons (Fsp3) is 0.214. The molecule has 0 fully saturated rings. The van der Waals surface area contributed by atoms with Crippen LogP contribution in [0, 0.1) is 20.8 Å². The molecule has 0 aliphatic carbocycles. The van der Waals surface area contributed by atoms with E-state index in [1.807, 2.05) is 32.9 Å². The Bertz CT molecular complexity index is 831. The van der Waals surface area contributed by atoms with E-state index in [9.17, 15) is 4.79 Å². The van der Waals surface area contributed by atoms with Crippen LogP contribution in [0.2, 0.25) is 0 Å². The molecule has 0 aliphatic heterocycles. The Hall–Kier alpha value is -1.99. The molecule has 0 saturated carbocycles. The second-order valence-electron chi connectivity index (χ2n) is 4.76. The van der Waals surface area contributed by atoms with Crippen LogP contribution in [-0.4, -0.2) is 15.9 Å². The summed E-state index contributed by atoms with van der Waals surface area (Å²) in [5, 5.41) is 4.22. The maximum Gasteiger partial charge on any atom is 0.269 e. The molecule has 3 heterocycles. The molecule has 3 N–H and O–H groups in total. The van der Waals surface area contributed by atoms with E-state index in [2.05, 4.69) is 15.3 Å². The Labute approximate surface area is 129 Å². The summed E-state index contributed by atoms with van der Waals surface area (Å²) in [7, 11) is 0. The molecule has 108 valence electrons. The first-order valence-electron chi connectivity index (χ1n) is 6.36. The highest BCUT2D eigenvalue weighted by Crippen LogP contribution is 2.33. The number of anilines is 2.